The summed E-state index contributed by atoms with van der Waals surface area (Å²) >= 11 is 0. The second kappa shape index (κ2) is 6.55. The van der Waals surface area contributed by atoms with Crippen molar-refractivity contribution in [2.45, 2.75) is 25.9 Å². The lowest BCUT2D eigenvalue weighted by molar-refractivity contribution is -0.122. The molecule has 1 aliphatic heterocycles. The molecule has 3 N–H and O–H groups in total. The fourth-order valence-corrected chi connectivity index (χ4v) is 3.10. The Morgan fingerprint density at radius 2 is 2.08 bits per heavy atom. The molecule has 0 spiro atoms. The minimum atomic E-state index is -0.515. The summed E-state index contributed by atoms with van der Waals surface area (Å²) in [5, 5.41) is 6.79. The van der Waals surface area contributed by atoms with Crippen molar-refractivity contribution in [3.8, 4) is 5.75 Å². The molecule has 0 saturated carbocycles. The van der Waals surface area contributed by atoms with Gasteiger partial charge < -0.3 is 20.4 Å². The van der Waals surface area contributed by atoms with E-state index in [1.807, 2.05) is 30.5 Å². The number of ether oxygens (including phenoxy) is 1. The summed E-state index contributed by atoms with van der Waals surface area (Å²) in [4.78, 5) is 27.2. The molecular weight excluding hydrogens is 330 g/mol. The topological polar surface area (TPSA) is 83.2 Å². The third-order valence-electron chi connectivity index (χ3n) is 4.49. The summed E-state index contributed by atoms with van der Waals surface area (Å²) < 4.78 is 5.51. The number of benzene rings is 2. The zero-order valence-corrected chi connectivity index (χ0v) is 14.3. The largest absolute Gasteiger partial charge is 0.479 e. The summed E-state index contributed by atoms with van der Waals surface area (Å²) in [6.07, 6.45) is 2.46. The highest BCUT2D eigenvalue weighted by atomic mass is 16.5. The van der Waals surface area contributed by atoms with Gasteiger partial charge in [0.2, 0.25) is 5.91 Å². The number of rotatable bonds is 4. The van der Waals surface area contributed by atoms with Gasteiger partial charge in [-0.3, -0.25) is 9.59 Å². The van der Waals surface area contributed by atoms with Crippen molar-refractivity contribution in [1.29, 1.82) is 0 Å². The normalized spacial score (nSPS) is 15.9. The highest BCUT2D eigenvalue weighted by Crippen LogP contribution is 2.32. The van der Waals surface area contributed by atoms with Crippen molar-refractivity contribution >= 4 is 34.1 Å². The lowest BCUT2D eigenvalue weighted by Crippen LogP contribution is -2.34. The summed E-state index contributed by atoms with van der Waals surface area (Å²) in [6, 6.07) is 13.3. The molecule has 1 aliphatic rings. The van der Waals surface area contributed by atoms with E-state index in [1.165, 1.54) is 0 Å². The van der Waals surface area contributed by atoms with Gasteiger partial charge in [0.1, 0.15) is 5.75 Å². The van der Waals surface area contributed by atoms with Crippen molar-refractivity contribution in [2.24, 2.45) is 0 Å². The second-order valence-electron chi connectivity index (χ2n) is 6.37. The fraction of sp³-hybridized carbons (Fsp3) is 0.200. The number of aromatic nitrogens is 1. The molecule has 6 heteroatoms. The number of carbonyl (C=O) groups excluding carboxylic acids is 2. The van der Waals surface area contributed by atoms with Crippen LogP contribution >= 0.6 is 0 Å². The van der Waals surface area contributed by atoms with Crippen LogP contribution in [0.2, 0.25) is 0 Å². The van der Waals surface area contributed by atoms with Gasteiger partial charge in [-0.2, -0.15) is 0 Å². The smallest absolute Gasteiger partial charge is 0.265 e. The van der Waals surface area contributed by atoms with Crippen LogP contribution in [0.1, 0.15) is 18.9 Å². The van der Waals surface area contributed by atoms with E-state index in [0.717, 1.165) is 16.5 Å². The Balaban J connectivity index is 1.41. The zero-order valence-electron chi connectivity index (χ0n) is 14.3. The van der Waals surface area contributed by atoms with Gasteiger partial charge in [-0.15, -0.1) is 0 Å². The Labute approximate surface area is 150 Å². The number of nitrogens with one attached hydrogen (secondary N) is 3. The highest BCUT2D eigenvalue weighted by Gasteiger charge is 2.23. The number of hydrogen-bond acceptors (Lipinski definition) is 3. The lowest BCUT2D eigenvalue weighted by atomic mass is 10.1. The van der Waals surface area contributed by atoms with Gasteiger partial charge in [-0.1, -0.05) is 18.2 Å². The first kappa shape index (κ1) is 16.2. The maximum absolute atomic E-state index is 12.3. The number of aromatic amines is 1. The molecule has 2 heterocycles. The van der Waals surface area contributed by atoms with E-state index in [0.29, 0.717) is 30.0 Å². The van der Waals surface area contributed by atoms with Crippen LogP contribution in [0.3, 0.4) is 0 Å². The van der Waals surface area contributed by atoms with Crippen LogP contribution in [-0.4, -0.2) is 22.9 Å². The van der Waals surface area contributed by atoms with E-state index in [2.05, 4.69) is 15.6 Å². The van der Waals surface area contributed by atoms with Gasteiger partial charge in [-0.25, -0.2) is 0 Å². The van der Waals surface area contributed by atoms with E-state index in [1.54, 1.807) is 25.1 Å². The molecule has 6 nitrogen and oxygen atoms in total. The van der Waals surface area contributed by atoms with Crippen LogP contribution in [-0.2, 0) is 16.0 Å². The lowest BCUT2D eigenvalue weighted by Gasteiger charge is -2.23. The number of aryl methyl sites for hydroxylation is 1. The molecule has 2 aromatic carbocycles. The third kappa shape index (κ3) is 3.13. The summed E-state index contributed by atoms with van der Waals surface area (Å²) in [5.74, 6) is 0.334. The average molecular weight is 349 g/mol. The molecule has 0 saturated heterocycles. The van der Waals surface area contributed by atoms with Crippen LogP contribution in [0.15, 0.2) is 48.7 Å². The third-order valence-corrected chi connectivity index (χ3v) is 4.49. The molecule has 1 unspecified atom stereocenters. The first-order valence-electron chi connectivity index (χ1n) is 8.56. The monoisotopic (exact) mass is 349 g/mol. The first-order valence-corrected chi connectivity index (χ1v) is 8.56. The van der Waals surface area contributed by atoms with Crippen LogP contribution in [0.4, 0.5) is 11.4 Å². The SMILES string of the molecule is CC1Oc2ccc(NC(=O)CCc3c[nH]c4ccccc34)cc2NC1=O. The van der Waals surface area contributed by atoms with Gasteiger partial charge in [0.25, 0.3) is 5.91 Å². The Morgan fingerprint density at radius 1 is 1.23 bits per heavy atom. The number of carbonyl (C=O) groups is 2. The number of hydrogen-bond donors (Lipinski definition) is 3. The maximum atomic E-state index is 12.3. The number of amides is 2. The van der Waals surface area contributed by atoms with E-state index < -0.39 is 6.10 Å². The molecule has 0 aliphatic carbocycles. The second-order valence-corrected chi connectivity index (χ2v) is 6.37. The van der Waals surface area contributed by atoms with Gasteiger partial charge in [0, 0.05) is 29.2 Å². The van der Waals surface area contributed by atoms with Gasteiger partial charge in [-0.05, 0) is 43.2 Å². The zero-order chi connectivity index (χ0) is 18.1. The van der Waals surface area contributed by atoms with Crippen LogP contribution in [0, 0.1) is 0 Å². The van der Waals surface area contributed by atoms with Crippen molar-refractivity contribution in [1.82, 2.24) is 4.98 Å². The summed E-state index contributed by atoms with van der Waals surface area (Å²) in [7, 11) is 0. The Kier molecular flexibility index (Phi) is 4.08. The highest BCUT2D eigenvalue weighted by molar-refractivity contribution is 5.99. The molecule has 0 bridgehead atoms. The maximum Gasteiger partial charge on any atom is 0.265 e. The Morgan fingerprint density at radius 3 is 2.96 bits per heavy atom. The molecule has 1 aromatic heterocycles. The van der Waals surface area contributed by atoms with Crippen molar-refractivity contribution in [2.75, 3.05) is 10.6 Å². The Bertz CT molecular complexity index is 993. The van der Waals surface area contributed by atoms with Crippen molar-refractivity contribution < 1.29 is 14.3 Å². The predicted molar refractivity (Wildman–Crippen MR) is 100 cm³/mol. The molecule has 3 aromatic rings. The van der Waals surface area contributed by atoms with Crippen LogP contribution in [0.25, 0.3) is 10.9 Å². The quantitative estimate of drug-likeness (QED) is 0.674. The molecule has 0 radical (unpaired) electrons. The van der Waals surface area contributed by atoms with E-state index in [4.69, 9.17) is 4.74 Å². The minimum absolute atomic E-state index is 0.0772. The molecule has 1 atom stereocenters. The van der Waals surface area contributed by atoms with Crippen molar-refractivity contribution in [3.63, 3.8) is 0 Å². The number of fused-ring (bicyclic) bond motifs is 2. The predicted octanol–water partition coefficient (Wildman–Crippen LogP) is 3.46. The van der Waals surface area contributed by atoms with E-state index in [-0.39, 0.29) is 11.8 Å². The number of anilines is 2. The molecule has 26 heavy (non-hydrogen) atoms. The van der Waals surface area contributed by atoms with Crippen LogP contribution < -0.4 is 15.4 Å². The van der Waals surface area contributed by atoms with Crippen LogP contribution in [0.5, 0.6) is 5.75 Å². The molecule has 132 valence electrons. The molecule has 0 fully saturated rings. The molecule has 2 amide bonds. The molecule has 4 rings (SSSR count). The summed E-state index contributed by atoms with van der Waals surface area (Å²) in [6.45, 7) is 1.69. The van der Waals surface area contributed by atoms with Gasteiger partial charge in [0.05, 0.1) is 5.69 Å². The molecular formula is C20H19N3O3. The average Bonchev–Trinajstić information content (AvgIpc) is 3.04. The number of para-hydroxylation sites is 1. The van der Waals surface area contributed by atoms with Gasteiger partial charge in [0.15, 0.2) is 6.10 Å². The summed E-state index contributed by atoms with van der Waals surface area (Å²) in [5.41, 5.74) is 3.40. The van der Waals surface area contributed by atoms with E-state index in [9.17, 15) is 9.59 Å². The van der Waals surface area contributed by atoms with Gasteiger partial charge >= 0.3 is 0 Å². The fourth-order valence-electron chi connectivity index (χ4n) is 3.10. The minimum Gasteiger partial charge on any atom is -0.479 e. The number of H-pyrrole nitrogens is 1. The Hall–Kier alpha value is -3.28. The first-order chi connectivity index (χ1) is 12.6. The van der Waals surface area contributed by atoms with E-state index >= 15 is 0 Å². The standard InChI is InChI=1S/C20H19N3O3/c1-12-20(25)23-17-10-14(7-8-18(17)26-12)22-19(24)9-6-13-11-21-16-5-3-2-4-15(13)16/h2-5,7-8,10-12,21H,6,9H2,1H3,(H,22,24)(H,23,25). The van der Waals surface area contributed by atoms with Crippen molar-refractivity contribution in [3.05, 3.63) is 54.2 Å².